The van der Waals surface area contributed by atoms with E-state index >= 15 is 0 Å². The van der Waals surface area contributed by atoms with Crippen LogP contribution in [0.15, 0.2) is 23.0 Å². The molecule has 2 aliphatic carbocycles. The predicted octanol–water partition coefficient (Wildman–Crippen LogP) is 2.33. The lowest BCUT2D eigenvalue weighted by molar-refractivity contribution is -0.239. The molecule has 2 aliphatic rings. The average molecular weight is 350 g/mol. The smallest absolute Gasteiger partial charge is 0.167 e. The predicted molar refractivity (Wildman–Crippen MR) is 92.8 cm³/mol. The van der Waals surface area contributed by atoms with Gasteiger partial charge in [0.05, 0.1) is 18.1 Å². The first-order valence-corrected chi connectivity index (χ1v) is 9.26. The summed E-state index contributed by atoms with van der Waals surface area (Å²) in [5.74, 6) is -1.40. The topological polar surface area (TPSA) is 90.9 Å². The van der Waals surface area contributed by atoms with E-state index in [-0.39, 0.29) is 12.4 Å². The van der Waals surface area contributed by atoms with Crippen LogP contribution >= 0.6 is 0 Å². The molecule has 0 aromatic carbocycles. The third-order valence-electron chi connectivity index (χ3n) is 7.36. The molecule has 0 radical (unpaired) electrons. The van der Waals surface area contributed by atoms with Gasteiger partial charge in [0.1, 0.15) is 6.10 Å². The van der Waals surface area contributed by atoms with Crippen LogP contribution in [0.2, 0.25) is 0 Å². The van der Waals surface area contributed by atoms with Crippen molar-refractivity contribution in [1.82, 2.24) is 0 Å². The van der Waals surface area contributed by atoms with Gasteiger partial charge in [-0.1, -0.05) is 27.2 Å². The van der Waals surface area contributed by atoms with Crippen molar-refractivity contribution in [2.75, 3.05) is 6.61 Å². The average Bonchev–Trinajstić information content (AvgIpc) is 3.10. The molecule has 140 valence electrons. The van der Waals surface area contributed by atoms with Gasteiger partial charge in [-0.25, -0.2) is 0 Å². The van der Waals surface area contributed by atoms with Crippen molar-refractivity contribution in [3.05, 3.63) is 24.2 Å². The monoisotopic (exact) mass is 350 g/mol. The van der Waals surface area contributed by atoms with Gasteiger partial charge >= 0.3 is 0 Å². The number of furan rings is 1. The molecule has 0 amide bonds. The second-order valence-electron chi connectivity index (χ2n) is 8.69. The first-order valence-electron chi connectivity index (χ1n) is 9.26. The highest BCUT2D eigenvalue weighted by Crippen LogP contribution is 2.62. The summed E-state index contributed by atoms with van der Waals surface area (Å²) in [7, 11) is 0. The maximum absolute atomic E-state index is 12.8. The number of hydrogen-bond acceptors (Lipinski definition) is 5. The molecule has 2 saturated carbocycles. The van der Waals surface area contributed by atoms with Crippen LogP contribution < -0.4 is 0 Å². The first kappa shape index (κ1) is 18.6. The molecule has 5 nitrogen and oxygen atoms in total. The lowest BCUT2D eigenvalue weighted by Gasteiger charge is -2.63. The van der Waals surface area contributed by atoms with E-state index in [4.69, 9.17) is 4.42 Å². The number of fused-ring (bicyclic) bond motifs is 1. The summed E-state index contributed by atoms with van der Waals surface area (Å²) in [6.45, 7) is 5.56. The zero-order valence-corrected chi connectivity index (χ0v) is 15.4. The van der Waals surface area contributed by atoms with Gasteiger partial charge in [-0.3, -0.25) is 4.79 Å². The minimum Gasteiger partial charge on any atom is -0.472 e. The van der Waals surface area contributed by atoms with Crippen LogP contribution in [0, 0.1) is 22.7 Å². The standard InChI is InChI=1S/C20H30O5/c1-13-15(22)16(23)17-18(2,12-21)7-4-8-19(17,3)20(13,24)9-5-14-6-10-25-11-14/h6,10-11,13,16-17,21,23-24H,4-5,7-9,12H2,1-3H3. The molecule has 2 fully saturated rings. The fourth-order valence-corrected chi connectivity index (χ4v) is 5.75. The SMILES string of the molecule is CC1C(=O)C(O)C2C(C)(CO)CCCC2(C)C1(O)CCc1ccoc1. The second-order valence-corrected chi connectivity index (χ2v) is 8.69. The summed E-state index contributed by atoms with van der Waals surface area (Å²) in [4.78, 5) is 12.8. The Morgan fingerprint density at radius 3 is 2.64 bits per heavy atom. The van der Waals surface area contributed by atoms with Gasteiger partial charge in [0.25, 0.3) is 0 Å². The first-order chi connectivity index (χ1) is 11.7. The molecular weight excluding hydrogens is 320 g/mol. The van der Waals surface area contributed by atoms with Gasteiger partial charge in [-0.15, -0.1) is 0 Å². The third-order valence-corrected chi connectivity index (χ3v) is 7.36. The number of aryl methyl sites for hydroxylation is 1. The zero-order valence-electron chi connectivity index (χ0n) is 15.4. The number of ketones is 1. The van der Waals surface area contributed by atoms with Gasteiger partial charge in [0.15, 0.2) is 5.78 Å². The summed E-state index contributed by atoms with van der Waals surface area (Å²) >= 11 is 0. The molecule has 0 aliphatic heterocycles. The highest BCUT2D eigenvalue weighted by atomic mass is 16.3. The number of aliphatic hydroxyl groups is 3. The summed E-state index contributed by atoms with van der Waals surface area (Å²) in [5, 5.41) is 32.5. The highest BCUT2D eigenvalue weighted by molar-refractivity contribution is 5.88. The molecule has 5 heteroatoms. The molecule has 6 unspecified atom stereocenters. The number of carbonyl (C=O) groups excluding carboxylic acids is 1. The maximum Gasteiger partial charge on any atom is 0.167 e. The van der Waals surface area contributed by atoms with E-state index in [2.05, 4.69) is 0 Å². The number of hydrogen-bond donors (Lipinski definition) is 3. The normalized spacial score (nSPS) is 44.6. The van der Waals surface area contributed by atoms with Crippen LogP contribution in [0.25, 0.3) is 0 Å². The summed E-state index contributed by atoms with van der Waals surface area (Å²) < 4.78 is 5.11. The van der Waals surface area contributed by atoms with Gasteiger partial charge < -0.3 is 19.7 Å². The Kier molecular flexibility index (Phi) is 4.63. The van der Waals surface area contributed by atoms with E-state index in [0.29, 0.717) is 12.8 Å². The Morgan fingerprint density at radius 1 is 1.32 bits per heavy atom. The summed E-state index contributed by atoms with van der Waals surface area (Å²) in [5.41, 5.74) is -1.42. The summed E-state index contributed by atoms with van der Waals surface area (Å²) in [6, 6.07) is 1.87. The number of aliphatic hydroxyl groups excluding tert-OH is 2. The minimum atomic E-state index is -1.22. The quantitative estimate of drug-likeness (QED) is 0.775. The van der Waals surface area contributed by atoms with Crippen molar-refractivity contribution in [2.24, 2.45) is 22.7 Å². The van der Waals surface area contributed by atoms with E-state index in [1.807, 2.05) is 19.9 Å². The van der Waals surface area contributed by atoms with E-state index in [9.17, 15) is 20.1 Å². The van der Waals surface area contributed by atoms with Gasteiger partial charge in [0, 0.05) is 23.9 Å². The number of rotatable bonds is 4. The minimum absolute atomic E-state index is 0.0935. The van der Waals surface area contributed by atoms with Crippen molar-refractivity contribution in [3.63, 3.8) is 0 Å². The van der Waals surface area contributed by atoms with E-state index in [1.165, 1.54) is 0 Å². The highest BCUT2D eigenvalue weighted by Gasteiger charge is 2.67. The third kappa shape index (κ3) is 2.59. The molecule has 25 heavy (non-hydrogen) atoms. The molecular formula is C20H30O5. The Hall–Kier alpha value is -1.17. The van der Waals surface area contributed by atoms with Gasteiger partial charge in [-0.2, -0.15) is 0 Å². The Morgan fingerprint density at radius 2 is 2.04 bits per heavy atom. The molecule has 6 atom stereocenters. The van der Waals surface area contributed by atoms with Crippen LogP contribution in [0.3, 0.4) is 0 Å². The van der Waals surface area contributed by atoms with Crippen LogP contribution in [-0.4, -0.2) is 39.4 Å². The fraction of sp³-hybridized carbons (Fsp3) is 0.750. The zero-order chi connectivity index (χ0) is 18.5. The Labute approximate surface area is 149 Å². The summed E-state index contributed by atoms with van der Waals surface area (Å²) in [6.07, 6.45) is 5.53. The van der Waals surface area contributed by atoms with E-state index in [1.54, 1.807) is 19.5 Å². The molecule has 1 heterocycles. The van der Waals surface area contributed by atoms with Crippen LogP contribution in [0.4, 0.5) is 0 Å². The molecule has 3 N–H and O–H groups in total. The largest absolute Gasteiger partial charge is 0.472 e. The molecule has 3 rings (SSSR count). The number of carbonyl (C=O) groups is 1. The van der Waals surface area contributed by atoms with Crippen LogP contribution in [0.5, 0.6) is 0 Å². The molecule has 1 aromatic heterocycles. The second kappa shape index (κ2) is 6.22. The lowest BCUT2D eigenvalue weighted by atomic mass is 9.43. The van der Waals surface area contributed by atoms with E-state index in [0.717, 1.165) is 24.8 Å². The van der Waals surface area contributed by atoms with Crippen molar-refractivity contribution >= 4 is 5.78 Å². The fourth-order valence-electron chi connectivity index (χ4n) is 5.75. The Balaban J connectivity index is 2.01. The Bertz CT molecular complexity index is 626. The van der Waals surface area contributed by atoms with Crippen molar-refractivity contribution < 1.29 is 24.5 Å². The molecule has 0 bridgehead atoms. The maximum atomic E-state index is 12.8. The lowest BCUT2D eigenvalue weighted by Crippen LogP contribution is -2.70. The van der Waals surface area contributed by atoms with Gasteiger partial charge in [0.2, 0.25) is 0 Å². The number of Topliss-reactive ketones (excluding diaryl/α,β-unsaturated/α-hetero) is 1. The van der Waals surface area contributed by atoms with E-state index < -0.39 is 34.4 Å². The molecule has 1 aromatic rings. The van der Waals surface area contributed by atoms with Crippen molar-refractivity contribution in [2.45, 2.75) is 64.6 Å². The van der Waals surface area contributed by atoms with Crippen LogP contribution in [-0.2, 0) is 11.2 Å². The molecule has 0 saturated heterocycles. The molecule has 0 spiro atoms. The van der Waals surface area contributed by atoms with Crippen molar-refractivity contribution in [3.8, 4) is 0 Å². The van der Waals surface area contributed by atoms with Gasteiger partial charge in [-0.05, 0) is 42.7 Å². The van der Waals surface area contributed by atoms with Crippen LogP contribution in [0.1, 0.15) is 52.0 Å². The van der Waals surface area contributed by atoms with Crippen molar-refractivity contribution in [1.29, 1.82) is 0 Å².